The van der Waals surface area contributed by atoms with Crippen molar-refractivity contribution in [2.45, 2.75) is 57.1 Å². The maximum atomic E-state index is 12.5. The zero-order valence-corrected chi connectivity index (χ0v) is 11.4. The highest BCUT2D eigenvalue weighted by atomic mass is 32.2. The van der Waals surface area contributed by atoms with Gasteiger partial charge in [-0.05, 0) is 57.9 Å². The van der Waals surface area contributed by atoms with Crippen LogP contribution in [0.4, 0.5) is 0 Å². The number of carbonyl (C=O) groups is 1. The minimum atomic E-state index is -0.0837. The van der Waals surface area contributed by atoms with Gasteiger partial charge in [0.1, 0.15) is 11.5 Å². The molecule has 1 aliphatic heterocycles. The summed E-state index contributed by atoms with van der Waals surface area (Å²) in [5.41, 5.74) is 1.13. The van der Waals surface area contributed by atoms with Gasteiger partial charge in [0.2, 0.25) is 5.78 Å². The van der Waals surface area contributed by atoms with Crippen molar-refractivity contribution in [2.75, 3.05) is 11.5 Å². The average molecular weight is 239 g/mol. The smallest absolute Gasteiger partial charge is 0.213 e. The van der Waals surface area contributed by atoms with E-state index < -0.39 is 0 Å². The van der Waals surface area contributed by atoms with Gasteiger partial charge in [0.05, 0.1) is 0 Å². The third-order valence-electron chi connectivity index (χ3n) is 3.88. The minimum absolute atomic E-state index is 0.0837. The van der Waals surface area contributed by atoms with Gasteiger partial charge >= 0.3 is 0 Å². The van der Waals surface area contributed by atoms with E-state index in [1.54, 1.807) is 0 Å². The number of hydrogen-bond donors (Lipinski definition) is 0. The number of Topliss-reactive ketones (excluding diaryl/α,β-unsaturated/α-hetero) is 1. The highest BCUT2D eigenvalue weighted by molar-refractivity contribution is 7.99. The Morgan fingerprint density at radius 1 is 1.19 bits per heavy atom. The Hall–Kier alpha value is -0.240. The van der Waals surface area contributed by atoms with Gasteiger partial charge in [-0.3, -0.25) is 4.79 Å². The minimum Gasteiger partial charge on any atom is -0.289 e. The van der Waals surface area contributed by atoms with E-state index in [9.17, 15) is 4.79 Å². The van der Waals surface area contributed by atoms with E-state index >= 15 is 0 Å². The van der Waals surface area contributed by atoms with Crippen LogP contribution in [0.1, 0.15) is 52.4 Å². The van der Waals surface area contributed by atoms with Crippen molar-refractivity contribution in [2.24, 2.45) is 0 Å². The summed E-state index contributed by atoms with van der Waals surface area (Å²) in [5, 5.41) is 0. The highest BCUT2D eigenvalue weighted by Gasteiger charge is 2.47. The molecule has 1 nitrogen and oxygen atoms in total. The molecular weight excluding hydrogens is 216 g/mol. The summed E-state index contributed by atoms with van der Waals surface area (Å²) in [7, 11) is 0.340. The molecule has 1 heterocycles. The largest absolute Gasteiger partial charge is 0.289 e. The lowest BCUT2D eigenvalue weighted by Crippen LogP contribution is -2.42. The van der Waals surface area contributed by atoms with Crippen molar-refractivity contribution in [1.82, 2.24) is 0 Å². The second-order valence-electron chi connectivity index (χ2n) is 5.42. The first-order valence-electron chi connectivity index (χ1n) is 6.54. The number of allylic oxidation sites excluding steroid dienone is 2. The Labute approximate surface area is 102 Å². The number of ketones is 1. The zero-order chi connectivity index (χ0) is 11.6. The summed E-state index contributed by atoms with van der Waals surface area (Å²) >= 11 is 0. The quantitative estimate of drug-likeness (QED) is 0.691. The fraction of sp³-hybridized carbons (Fsp3) is 0.786. The first kappa shape index (κ1) is 12.2. The highest BCUT2D eigenvalue weighted by Crippen LogP contribution is 2.32. The van der Waals surface area contributed by atoms with Gasteiger partial charge in [-0.2, -0.15) is 0 Å². The molecule has 0 unspecified atom stereocenters. The lowest BCUT2D eigenvalue weighted by molar-refractivity contribution is -0.117. The third kappa shape index (κ3) is 2.37. The van der Waals surface area contributed by atoms with Crippen LogP contribution in [0.15, 0.2) is 11.6 Å². The molecule has 90 valence electrons. The van der Waals surface area contributed by atoms with Gasteiger partial charge in [-0.15, -0.1) is 0 Å². The van der Waals surface area contributed by atoms with Gasteiger partial charge in [-0.25, -0.2) is 0 Å². The van der Waals surface area contributed by atoms with Crippen LogP contribution in [-0.2, 0) is 15.7 Å². The van der Waals surface area contributed by atoms with Crippen molar-refractivity contribution >= 4 is 16.7 Å². The molecule has 0 radical (unpaired) electrons. The van der Waals surface area contributed by atoms with Crippen LogP contribution in [0, 0.1) is 0 Å². The standard InChI is InChI=1S/C14H23OS/c1-14(2,16-10-6-7-11-16)13(15)12-8-4-3-5-9-12/h8H,3-7,9-11H2,1-2H3/q+1. The fourth-order valence-electron chi connectivity index (χ4n) is 2.73. The molecule has 1 aliphatic carbocycles. The molecule has 0 aromatic carbocycles. The lowest BCUT2D eigenvalue weighted by atomic mass is 9.91. The molecule has 0 spiro atoms. The molecular formula is C14H23OS+. The van der Waals surface area contributed by atoms with Crippen molar-refractivity contribution < 1.29 is 4.79 Å². The first-order valence-corrected chi connectivity index (χ1v) is 8.10. The van der Waals surface area contributed by atoms with E-state index in [0.29, 0.717) is 16.7 Å². The van der Waals surface area contributed by atoms with E-state index in [2.05, 4.69) is 19.9 Å². The summed E-state index contributed by atoms with van der Waals surface area (Å²) in [6.07, 6.45) is 9.49. The molecule has 0 saturated carbocycles. The second kappa shape index (κ2) is 4.95. The zero-order valence-electron chi connectivity index (χ0n) is 10.6. The summed E-state index contributed by atoms with van der Waals surface area (Å²) < 4.78 is -0.0837. The average Bonchev–Trinajstić information content (AvgIpc) is 2.83. The molecule has 2 heteroatoms. The maximum Gasteiger partial charge on any atom is 0.213 e. The second-order valence-corrected chi connectivity index (χ2v) is 8.25. The van der Waals surface area contributed by atoms with Crippen LogP contribution in [-0.4, -0.2) is 22.0 Å². The van der Waals surface area contributed by atoms with Crippen molar-refractivity contribution in [3.05, 3.63) is 11.6 Å². The molecule has 0 atom stereocenters. The summed E-state index contributed by atoms with van der Waals surface area (Å²) in [4.78, 5) is 12.5. The monoisotopic (exact) mass is 239 g/mol. The summed E-state index contributed by atoms with van der Waals surface area (Å²) in [6, 6.07) is 0. The van der Waals surface area contributed by atoms with E-state index in [0.717, 1.165) is 18.4 Å². The molecule has 2 rings (SSSR count). The Morgan fingerprint density at radius 2 is 1.88 bits per heavy atom. The van der Waals surface area contributed by atoms with Crippen LogP contribution in [0.25, 0.3) is 0 Å². The first-order chi connectivity index (χ1) is 7.62. The van der Waals surface area contributed by atoms with E-state index in [4.69, 9.17) is 0 Å². The molecule has 0 amide bonds. The summed E-state index contributed by atoms with van der Waals surface area (Å²) in [5.74, 6) is 3.02. The summed E-state index contributed by atoms with van der Waals surface area (Å²) in [6.45, 7) is 4.36. The number of hydrogen-bond acceptors (Lipinski definition) is 1. The van der Waals surface area contributed by atoms with Crippen molar-refractivity contribution in [3.63, 3.8) is 0 Å². The van der Waals surface area contributed by atoms with E-state index in [1.165, 1.54) is 37.2 Å². The van der Waals surface area contributed by atoms with E-state index in [1.807, 2.05) is 0 Å². The SMILES string of the molecule is CC(C)(C(=O)C1=CCCCC1)[S+]1CCCC1. The predicted octanol–water partition coefficient (Wildman–Crippen LogP) is 3.25. The van der Waals surface area contributed by atoms with Crippen LogP contribution in [0.3, 0.4) is 0 Å². The molecule has 1 saturated heterocycles. The van der Waals surface area contributed by atoms with Gasteiger partial charge < -0.3 is 0 Å². The lowest BCUT2D eigenvalue weighted by Gasteiger charge is -2.24. The molecule has 0 bridgehead atoms. The predicted molar refractivity (Wildman–Crippen MR) is 72.0 cm³/mol. The topological polar surface area (TPSA) is 17.1 Å². The van der Waals surface area contributed by atoms with Gasteiger partial charge in [-0.1, -0.05) is 6.08 Å². The molecule has 1 fully saturated rings. The molecule has 0 aromatic rings. The van der Waals surface area contributed by atoms with Gasteiger partial charge in [0.25, 0.3) is 0 Å². The van der Waals surface area contributed by atoms with Gasteiger partial charge in [0.15, 0.2) is 4.75 Å². The normalized spacial score (nSPS) is 23.2. The molecule has 16 heavy (non-hydrogen) atoms. The molecule has 0 N–H and O–H groups in total. The van der Waals surface area contributed by atoms with Crippen molar-refractivity contribution in [3.8, 4) is 0 Å². The van der Waals surface area contributed by atoms with Crippen LogP contribution >= 0.6 is 0 Å². The van der Waals surface area contributed by atoms with Crippen LogP contribution in [0.5, 0.6) is 0 Å². The van der Waals surface area contributed by atoms with Gasteiger partial charge in [0, 0.05) is 10.9 Å². The van der Waals surface area contributed by atoms with Crippen molar-refractivity contribution in [1.29, 1.82) is 0 Å². The Kier molecular flexibility index (Phi) is 3.78. The molecule has 0 aromatic heterocycles. The van der Waals surface area contributed by atoms with Crippen LogP contribution in [0.2, 0.25) is 0 Å². The third-order valence-corrected chi connectivity index (χ3v) is 7.07. The van der Waals surface area contributed by atoms with Crippen LogP contribution < -0.4 is 0 Å². The molecule has 2 aliphatic rings. The Morgan fingerprint density at radius 3 is 2.44 bits per heavy atom. The Balaban J connectivity index is 2.09. The van der Waals surface area contributed by atoms with E-state index in [-0.39, 0.29) is 4.75 Å². The number of rotatable bonds is 3. The Bertz CT molecular complexity index is 298. The fourth-order valence-corrected chi connectivity index (χ4v) is 5.45. The number of carbonyl (C=O) groups excluding carboxylic acids is 1. The maximum absolute atomic E-state index is 12.5.